The number of carboxylic acids is 1. The van der Waals surface area contributed by atoms with Crippen molar-refractivity contribution in [2.24, 2.45) is 5.92 Å². The summed E-state index contributed by atoms with van der Waals surface area (Å²) in [6.07, 6.45) is 2.40. The van der Waals surface area contributed by atoms with E-state index in [-0.39, 0.29) is 10.6 Å². The molecule has 1 saturated carbocycles. The predicted molar refractivity (Wildman–Crippen MR) is 66.0 cm³/mol. The van der Waals surface area contributed by atoms with Gasteiger partial charge in [-0.05, 0) is 25.7 Å². The molecule has 18 heavy (non-hydrogen) atoms. The zero-order valence-corrected chi connectivity index (χ0v) is 10.7. The number of aryl methyl sites for hydroxylation is 1. The first-order valence-corrected chi connectivity index (χ1v) is 6.61. The van der Waals surface area contributed by atoms with Gasteiger partial charge in [0.1, 0.15) is 10.6 Å². The Morgan fingerprint density at radius 3 is 2.94 bits per heavy atom. The maximum Gasteiger partial charge on any atom is 0.346 e. The Morgan fingerprint density at radius 1 is 1.61 bits per heavy atom. The number of hydrogen-bond donors (Lipinski definition) is 2. The Hall–Kier alpha value is -1.34. The molecule has 0 saturated heterocycles. The quantitative estimate of drug-likeness (QED) is 0.350. The van der Waals surface area contributed by atoms with Gasteiger partial charge in [-0.25, -0.2) is 9.59 Å². The third kappa shape index (κ3) is 3.33. The first-order chi connectivity index (χ1) is 8.58. The molecule has 0 bridgehead atoms. The van der Waals surface area contributed by atoms with E-state index in [4.69, 9.17) is 9.84 Å². The number of nitrogens with zero attached hydrogens (tertiary/aromatic N) is 1. The summed E-state index contributed by atoms with van der Waals surface area (Å²) in [5, 5.41) is 9.28. The lowest BCUT2D eigenvalue weighted by molar-refractivity contribution is 0.0690. The molecule has 1 aliphatic rings. The van der Waals surface area contributed by atoms with Crippen LogP contribution in [0.4, 0.5) is 0 Å². The zero-order chi connectivity index (χ0) is 13.1. The SMILES string of the molecule is Cc1[nH]c(=O)nc(SCOCC2CC2)c1C(=O)O. The van der Waals surface area contributed by atoms with Crippen LogP contribution in [0.3, 0.4) is 0 Å². The number of rotatable bonds is 6. The summed E-state index contributed by atoms with van der Waals surface area (Å²) in [4.78, 5) is 28.4. The van der Waals surface area contributed by atoms with E-state index in [2.05, 4.69) is 9.97 Å². The molecule has 0 aromatic carbocycles. The average Bonchev–Trinajstić information content (AvgIpc) is 3.06. The highest BCUT2D eigenvalue weighted by Gasteiger charge is 2.21. The van der Waals surface area contributed by atoms with Gasteiger partial charge in [0.2, 0.25) is 0 Å². The molecule has 2 rings (SSSR count). The molecule has 98 valence electrons. The molecule has 7 heteroatoms. The fourth-order valence-electron chi connectivity index (χ4n) is 1.51. The Morgan fingerprint density at radius 2 is 2.33 bits per heavy atom. The van der Waals surface area contributed by atoms with Crippen LogP contribution in [0.2, 0.25) is 0 Å². The Labute approximate surface area is 108 Å². The van der Waals surface area contributed by atoms with Crippen molar-refractivity contribution < 1.29 is 14.6 Å². The van der Waals surface area contributed by atoms with Gasteiger partial charge in [-0.15, -0.1) is 0 Å². The molecule has 0 unspecified atom stereocenters. The normalized spacial score (nSPS) is 14.7. The molecular weight excluding hydrogens is 256 g/mol. The molecule has 0 radical (unpaired) electrons. The van der Waals surface area contributed by atoms with E-state index < -0.39 is 11.7 Å². The highest BCUT2D eigenvalue weighted by Crippen LogP contribution is 2.29. The van der Waals surface area contributed by atoms with E-state index in [0.717, 1.165) is 11.8 Å². The standard InChI is InChI=1S/C11H14N2O4S/c1-6-8(10(14)15)9(13-11(16)12-6)18-5-17-4-7-2-3-7/h7H,2-5H2,1H3,(H,14,15)(H,12,13,16). The van der Waals surface area contributed by atoms with Crippen molar-refractivity contribution in [1.29, 1.82) is 0 Å². The molecule has 2 N–H and O–H groups in total. The molecule has 1 aromatic heterocycles. The maximum absolute atomic E-state index is 11.2. The minimum absolute atomic E-state index is 0.0367. The van der Waals surface area contributed by atoms with Crippen molar-refractivity contribution in [2.75, 3.05) is 12.5 Å². The zero-order valence-electron chi connectivity index (χ0n) is 9.93. The molecule has 0 atom stereocenters. The average molecular weight is 270 g/mol. The summed E-state index contributed by atoms with van der Waals surface area (Å²) >= 11 is 1.14. The van der Waals surface area contributed by atoms with E-state index in [9.17, 15) is 9.59 Å². The van der Waals surface area contributed by atoms with Crippen LogP contribution in [0.25, 0.3) is 0 Å². The summed E-state index contributed by atoms with van der Waals surface area (Å²) in [7, 11) is 0. The van der Waals surface area contributed by atoms with E-state index in [0.29, 0.717) is 24.2 Å². The van der Waals surface area contributed by atoms with Gasteiger partial charge < -0.3 is 14.8 Å². The second-order valence-electron chi connectivity index (χ2n) is 4.23. The number of carboxylic acid groups (broad SMARTS) is 1. The predicted octanol–water partition coefficient (Wildman–Crippen LogP) is 1.25. The number of carbonyl (C=O) groups is 1. The molecule has 1 aromatic rings. The van der Waals surface area contributed by atoms with Crippen molar-refractivity contribution in [3.63, 3.8) is 0 Å². The number of hydrogen-bond acceptors (Lipinski definition) is 5. The van der Waals surface area contributed by atoms with E-state index >= 15 is 0 Å². The molecule has 0 aliphatic heterocycles. The molecule has 1 fully saturated rings. The minimum Gasteiger partial charge on any atom is -0.478 e. The Bertz CT molecular complexity index is 510. The van der Waals surface area contributed by atoms with Gasteiger partial charge in [0.25, 0.3) is 0 Å². The van der Waals surface area contributed by atoms with Crippen molar-refractivity contribution in [3.05, 3.63) is 21.7 Å². The number of ether oxygens (including phenoxy) is 1. The topological polar surface area (TPSA) is 92.3 Å². The lowest BCUT2D eigenvalue weighted by Gasteiger charge is -2.07. The number of thioether (sulfide) groups is 1. The van der Waals surface area contributed by atoms with Gasteiger partial charge >= 0.3 is 11.7 Å². The lowest BCUT2D eigenvalue weighted by Crippen LogP contribution is -2.18. The van der Waals surface area contributed by atoms with Crippen LogP contribution in [0.1, 0.15) is 28.9 Å². The van der Waals surface area contributed by atoms with Crippen molar-refractivity contribution in [2.45, 2.75) is 24.8 Å². The first kappa shape index (κ1) is 13.1. The minimum atomic E-state index is -1.10. The van der Waals surface area contributed by atoms with Crippen LogP contribution in [0, 0.1) is 12.8 Å². The van der Waals surface area contributed by atoms with Crippen LogP contribution in [-0.4, -0.2) is 33.6 Å². The Balaban J connectivity index is 2.04. The van der Waals surface area contributed by atoms with Crippen LogP contribution < -0.4 is 5.69 Å². The number of aromatic nitrogens is 2. The fraction of sp³-hybridized carbons (Fsp3) is 0.545. The van der Waals surface area contributed by atoms with Crippen molar-refractivity contribution >= 4 is 17.7 Å². The number of aromatic carboxylic acids is 1. The largest absolute Gasteiger partial charge is 0.478 e. The lowest BCUT2D eigenvalue weighted by atomic mass is 10.2. The van der Waals surface area contributed by atoms with Crippen LogP contribution >= 0.6 is 11.8 Å². The van der Waals surface area contributed by atoms with Crippen molar-refractivity contribution in [3.8, 4) is 0 Å². The fourth-order valence-corrected chi connectivity index (χ4v) is 2.34. The van der Waals surface area contributed by atoms with Crippen LogP contribution in [-0.2, 0) is 4.74 Å². The summed E-state index contributed by atoms with van der Waals surface area (Å²) in [6.45, 7) is 2.24. The smallest absolute Gasteiger partial charge is 0.346 e. The van der Waals surface area contributed by atoms with Gasteiger partial charge in [-0.2, -0.15) is 4.98 Å². The molecule has 1 heterocycles. The second-order valence-corrected chi connectivity index (χ2v) is 5.14. The molecule has 0 spiro atoms. The number of H-pyrrole nitrogens is 1. The first-order valence-electron chi connectivity index (χ1n) is 5.62. The molecular formula is C11H14N2O4S. The third-order valence-corrected chi connectivity index (χ3v) is 3.48. The highest BCUT2D eigenvalue weighted by atomic mass is 32.2. The van der Waals surface area contributed by atoms with Crippen LogP contribution in [0.15, 0.2) is 9.82 Å². The second kappa shape index (κ2) is 5.53. The van der Waals surface area contributed by atoms with Gasteiger partial charge in [0.15, 0.2) is 0 Å². The monoisotopic (exact) mass is 270 g/mol. The summed E-state index contributed by atoms with van der Waals surface area (Å²) in [6, 6.07) is 0. The highest BCUT2D eigenvalue weighted by molar-refractivity contribution is 7.99. The van der Waals surface area contributed by atoms with E-state index in [1.54, 1.807) is 6.92 Å². The maximum atomic E-state index is 11.2. The van der Waals surface area contributed by atoms with Gasteiger partial charge in [-0.1, -0.05) is 11.8 Å². The summed E-state index contributed by atoms with van der Waals surface area (Å²) in [5.41, 5.74) is -0.191. The third-order valence-electron chi connectivity index (χ3n) is 2.63. The molecule has 1 aliphatic carbocycles. The van der Waals surface area contributed by atoms with Crippen molar-refractivity contribution in [1.82, 2.24) is 9.97 Å². The summed E-state index contributed by atoms with van der Waals surface area (Å²) in [5.74, 6) is -0.133. The summed E-state index contributed by atoms with van der Waals surface area (Å²) < 4.78 is 5.39. The van der Waals surface area contributed by atoms with Gasteiger partial charge in [-0.3, -0.25) is 0 Å². The van der Waals surface area contributed by atoms with Gasteiger partial charge in [0.05, 0.1) is 12.5 Å². The van der Waals surface area contributed by atoms with E-state index in [1.807, 2.05) is 0 Å². The molecule has 6 nitrogen and oxygen atoms in total. The number of nitrogens with one attached hydrogen (secondary N) is 1. The van der Waals surface area contributed by atoms with Crippen LogP contribution in [0.5, 0.6) is 0 Å². The molecule has 0 amide bonds. The number of aromatic amines is 1. The van der Waals surface area contributed by atoms with Gasteiger partial charge in [0, 0.05) is 5.69 Å². The Kier molecular flexibility index (Phi) is 4.03. The van der Waals surface area contributed by atoms with E-state index in [1.165, 1.54) is 12.8 Å².